The van der Waals surface area contributed by atoms with Crippen molar-refractivity contribution in [1.82, 2.24) is 14.8 Å². The molecule has 0 saturated carbocycles. The van der Waals surface area contributed by atoms with Crippen molar-refractivity contribution in [2.24, 2.45) is 0 Å². The van der Waals surface area contributed by atoms with E-state index in [2.05, 4.69) is 37.3 Å². The van der Waals surface area contributed by atoms with Crippen LogP contribution in [0.1, 0.15) is 21.7 Å². The van der Waals surface area contributed by atoms with E-state index >= 15 is 0 Å². The van der Waals surface area contributed by atoms with Gasteiger partial charge in [0.05, 0.1) is 27.2 Å². The molecule has 6 aromatic rings. The Morgan fingerprint density at radius 1 is 0.923 bits per heavy atom. The Morgan fingerprint density at radius 2 is 1.67 bits per heavy atom. The average Bonchev–Trinajstić information content (AvgIpc) is 3.61. The summed E-state index contributed by atoms with van der Waals surface area (Å²) < 4.78 is 8.90. The van der Waals surface area contributed by atoms with Crippen LogP contribution in [-0.2, 0) is 6.61 Å². The molecule has 0 aliphatic rings. The van der Waals surface area contributed by atoms with Gasteiger partial charge in [-0.15, -0.1) is 11.3 Å². The van der Waals surface area contributed by atoms with E-state index in [1.165, 1.54) is 16.9 Å². The minimum absolute atomic E-state index is 0.503. The van der Waals surface area contributed by atoms with Crippen molar-refractivity contribution in [3.63, 3.8) is 0 Å². The summed E-state index contributed by atoms with van der Waals surface area (Å²) in [6, 6.07) is 36.5. The summed E-state index contributed by atoms with van der Waals surface area (Å²) in [5.74, 6) is 0.783. The number of ether oxygens (including phenoxy) is 1. The van der Waals surface area contributed by atoms with Gasteiger partial charge in [0.1, 0.15) is 23.4 Å². The third-order valence-electron chi connectivity index (χ3n) is 6.36. The Balaban J connectivity index is 1.34. The van der Waals surface area contributed by atoms with Crippen molar-refractivity contribution in [1.29, 1.82) is 5.26 Å². The number of nitriles is 1. The van der Waals surface area contributed by atoms with E-state index in [4.69, 9.17) is 14.8 Å². The van der Waals surface area contributed by atoms with E-state index in [0.717, 1.165) is 44.0 Å². The lowest BCUT2D eigenvalue weighted by atomic mass is 10.1. The van der Waals surface area contributed by atoms with Gasteiger partial charge in [0.15, 0.2) is 0 Å². The molecule has 188 valence electrons. The van der Waals surface area contributed by atoms with E-state index in [1.54, 1.807) is 0 Å². The number of para-hydroxylation sites is 2. The molecule has 0 radical (unpaired) electrons. The molecule has 0 aliphatic carbocycles. The minimum Gasteiger partial charge on any atom is -0.489 e. The molecule has 0 atom stereocenters. The van der Waals surface area contributed by atoms with Gasteiger partial charge in [0, 0.05) is 17.3 Å². The highest BCUT2D eigenvalue weighted by atomic mass is 32.1. The average molecular weight is 525 g/mol. The maximum atomic E-state index is 10.1. The highest BCUT2D eigenvalue weighted by Crippen LogP contribution is 2.32. The molecule has 39 heavy (non-hydrogen) atoms. The number of hydrogen-bond donors (Lipinski definition) is 0. The summed E-state index contributed by atoms with van der Waals surface area (Å²) in [7, 11) is 0. The maximum Gasteiger partial charge on any atom is 0.135 e. The first kappa shape index (κ1) is 24.4. The fourth-order valence-electron chi connectivity index (χ4n) is 4.28. The van der Waals surface area contributed by atoms with Crippen LogP contribution < -0.4 is 4.74 Å². The zero-order valence-electron chi connectivity index (χ0n) is 21.3. The van der Waals surface area contributed by atoms with Gasteiger partial charge in [-0.05, 0) is 67.1 Å². The van der Waals surface area contributed by atoms with Gasteiger partial charge in [-0.1, -0.05) is 60.2 Å². The Morgan fingerprint density at radius 3 is 2.41 bits per heavy atom. The Hall–Kier alpha value is -4.99. The zero-order chi connectivity index (χ0) is 26.6. The molecule has 0 N–H and O–H groups in total. The third-order valence-corrected chi connectivity index (χ3v) is 7.43. The molecule has 0 amide bonds. The van der Waals surface area contributed by atoms with Crippen LogP contribution >= 0.6 is 11.3 Å². The van der Waals surface area contributed by atoms with Crippen LogP contribution in [0.3, 0.4) is 0 Å². The van der Waals surface area contributed by atoms with Crippen LogP contribution in [0.4, 0.5) is 0 Å². The molecular weight excluding hydrogens is 500 g/mol. The second-order valence-corrected chi connectivity index (χ2v) is 10.2. The predicted molar refractivity (Wildman–Crippen MR) is 158 cm³/mol. The summed E-state index contributed by atoms with van der Waals surface area (Å²) in [6.07, 6.45) is 3.83. The molecule has 0 fully saturated rings. The highest BCUT2D eigenvalue weighted by Gasteiger charge is 2.15. The van der Waals surface area contributed by atoms with Crippen LogP contribution in [0.25, 0.3) is 38.8 Å². The number of aryl methyl sites for hydroxylation is 1. The lowest BCUT2D eigenvalue weighted by Gasteiger charge is -2.08. The van der Waals surface area contributed by atoms with Crippen LogP contribution in [0.5, 0.6) is 5.75 Å². The molecular formula is C33H24N4OS. The molecule has 6 rings (SSSR count). The molecule has 0 saturated heterocycles. The predicted octanol–water partition coefficient (Wildman–Crippen LogP) is 8.10. The van der Waals surface area contributed by atoms with E-state index < -0.39 is 0 Å². The Labute approximate surface area is 230 Å². The first-order valence-electron chi connectivity index (χ1n) is 12.6. The van der Waals surface area contributed by atoms with Gasteiger partial charge in [-0.3, -0.25) is 0 Å². The number of allylic oxidation sites excluding steroid dienone is 1. The molecule has 2 aromatic heterocycles. The van der Waals surface area contributed by atoms with Crippen molar-refractivity contribution in [2.75, 3.05) is 0 Å². The van der Waals surface area contributed by atoms with Crippen molar-refractivity contribution in [3.8, 4) is 28.8 Å². The summed E-state index contributed by atoms with van der Waals surface area (Å²) >= 11 is 1.51. The molecule has 6 heteroatoms. The van der Waals surface area contributed by atoms with Crippen LogP contribution in [0.2, 0.25) is 0 Å². The van der Waals surface area contributed by atoms with E-state index in [1.807, 2.05) is 95.8 Å². The van der Waals surface area contributed by atoms with E-state index in [0.29, 0.717) is 17.2 Å². The van der Waals surface area contributed by atoms with Crippen molar-refractivity contribution in [3.05, 3.63) is 131 Å². The first-order chi connectivity index (χ1) is 19.2. The number of benzene rings is 4. The number of rotatable bonds is 7. The molecule has 4 aromatic carbocycles. The van der Waals surface area contributed by atoms with E-state index in [-0.39, 0.29) is 0 Å². The standard InChI is InChI=1S/C33H24N4OS/c1-23-11-13-24(14-12-23)22-38-29-17-15-25(16-18-29)32-27(21-37(36-32)28-7-3-2-4-8-28)19-26(20-34)33-35-30-9-5-6-10-31(30)39-33/h2-19,21H,22H2,1H3/b26-19-. The SMILES string of the molecule is Cc1ccc(COc2ccc(-c3nn(-c4ccccc4)cc3/C=C(/C#N)c3nc4ccccc4s3)cc2)cc1. The fourth-order valence-corrected chi connectivity index (χ4v) is 5.21. The van der Waals surface area contributed by atoms with Gasteiger partial charge >= 0.3 is 0 Å². The first-order valence-corrected chi connectivity index (χ1v) is 13.4. The van der Waals surface area contributed by atoms with Gasteiger partial charge in [0.25, 0.3) is 0 Å². The number of aromatic nitrogens is 3. The van der Waals surface area contributed by atoms with Crippen LogP contribution in [0, 0.1) is 18.3 Å². The molecule has 0 spiro atoms. The summed E-state index contributed by atoms with van der Waals surface area (Å²) in [4.78, 5) is 4.69. The van der Waals surface area contributed by atoms with Crippen LogP contribution in [0.15, 0.2) is 109 Å². The quantitative estimate of drug-likeness (QED) is 0.198. The van der Waals surface area contributed by atoms with Crippen molar-refractivity contribution >= 4 is 33.2 Å². The van der Waals surface area contributed by atoms with E-state index in [9.17, 15) is 5.26 Å². The Kier molecular flexibility index (Phi) is 6.73. The Bertz CT molecular complexity index is 1780. The third kappa shape index (κ3) is 5.35. The second kappa shape index (κ2) is 10.8. The topological polar surface area (TPSA) is 63.7 Å². The van der Waals surface area contributed by atoms with Gasteiger partial charge in [0.2, 0.25) is 0 Å². The summed E-state index contributed by atoms with van der Waals surface area (Å²) in [5, 5.41) is 15.7. The molecule has 2 heterocycles. The number of fused-ring (bicyclic) bond motifs is 1. The highest BCUT2D eigenvalue weighted by molar-refractivity contribution is 7.19. The number of nitrogens with zero attached hydrogens (tertiary/aromatic N) is 4. The van der Waals surface area contributed by atoms with Gasteiger partial charge < -0.3 is 4.74 Å². The molecule has 0 unspecified atom stereocenters. The van der Waals surface area contributed by atoms with Crippen molar-refractivity contribution < 1.29 is 4.74 Å². The van der Waals surface area contributed by atoms with Crippen LogP contribution in [-0.4, -0.2) is 14.8 Å². The zero-order valence-corrected chi connectivity index (χ0v) is 22.1. The largest absolute Gasteiger partial charge is 0.489 e. The smallest absolute Gasteiger partial charge is 0.135 e. The lowest BCUT2D eigenvalue weighted by Crippen LogP contribution is -1.96. The number of hydrogen-bond acceptors (Lipinski definition) is 5. The molecule has 0 bridgehead atoms. The number of thiazole rings is 1. The minimum atomic E-state index is 0.503. The fraction of sp³-hybridized carbons (Fsp3) is 0.0606. The molecule has 0 aliphatic heterocycles. The molecule has 5 nitrogen and oxygen atoms in total. The van der Waals surface area contributed by atoms with Gasteiger partial charge in [-0.2, -0.15) is 10.4 Å². The normalized spacial score (nSPS) is 11.4. The summed E-state index contributed by atoms with van der Waals surface area (Å²) in [5.41, 5.74) is 7.22. The lowest BCUT2D eigenvalue weighted by molar-refractivity contribution is 0.306. The van der Waals surface area contributed by atoms with Crippen molar-refractivity contribution in [2.45, 2.75) is 13.5 Å². The second-order valence-electron chi connectivity index (χ2n) is 9.17. The monoisotopic (exact) mass is 524 g/mol. The van der Waals surface area contributed by atoms with Gasteiger partial charge in [-0.25, -0.2) is 9.67 Å². The summed E-state index contributed by atoms with van der Waals surface area (Å²) in [6.45, 7) is 2.58. The maximum absolute atomic E-state index is 10.1.